The number of amides is 2. The zero-order chi connectivity index (χ0) is 18.8. The van der Waals surface area contributed by atoms with Crippen molar-refractivity contribution in [2.75, 3.05) is 23.4 Å². The Morgan fingerprint density at radius 3 is 2.81 bits per heavy atom. The first-order chi connectivity index (χ1) is 13.1. The Morgan fingerprint density at radius 1 is 1.15 bits per heavy atom. The van der Waals surface area contributed by atoms with Gasteiger partial charge in [-0.25, -0.2) is 0 Å². The maximum Gasteiger partial charge on any atom is 0.258 e. The van der Waals surface area contributed by atoms with E-state index in [1.54, 1.807) is 24.3 Å². The smallest absolute Gasteiger partial charge is 0.258 e. The zero-order valence-electron chi connectivity index (χ0n) is 15.5. The van der Waals surface area contributed by atoms with Crippen LogP contribution in [0.15, 0.2) is 42.5 Å². The van der Waals surface area contributed by atoms with Crippen LogP contribution in [-0.2, 0) is 16.0 Å². The predicted octanol–water partition coefficient (Wildman–Crippen LogP) is 3.71. The van der Waals surface area contributed by atoms with Crippen LogP contribution in [0.5, 0.6) is 0 Å². The molecule has 1 atom stereocenters. The van der Waals surface area contributed by atoms with Crippen molar-refractivity contribution >= 4 is 23.2 Å². The fourth-order valence-corrected chi connectivity index (χ4v) is 3.94. The molecule has 2 aromatic carbocycles. The summed E-state index contributed by atoms with van der Waals surface area (Å²) in [5, 5.41) is 2.88. The van der Waals surface area contributed by atoms with E-state index in [0.717, 1.165) is 36.9 Å². The summed E-state index contributed by atoms with van der Waals surface area (Å²) in [6.07, 6.45) is 3.22. The molecule has 2 aliphatic heterocycles. The van der Waals surface area contributed by atoms with Gasteiger partial charge in [0, 0.05) is 24.4 Å². The lowest BCUT2D eigenvalue weighted by atomic mass is 9.97. The highest BCUT2D eigenvalue weighted by Crippen LogP contribution is 2.32. The van der Waals surface area contributed by atoms with E-state index in [1.165, 1.54) is 5.56 Å². The SMILES string of the molecule is Cc1cccc2c1N(C(=O)c1cccc(NC(=O)[C@H]3CCCO3)c1)CCC2. The summed E-state index contributed by atoms with van der Waals surface area (Å²) in [5.74, 6) is -0.172. The fraction of sp³-hybridized carbons (Fsp3) is 0.364. The monoisotopic (exact) mass is 364 g/mol. The van der Waals surface area contributed by atoms with E-state index >= 15 is 0 Å². The number of fused-ring (bicyclic) bond motifs is 1. The van der Waals surface area contributed by atoms with Crippen molar-refractivity contribution < 1.29 is 14.3 Å². The van der Waals surface area contributed by atoms with Crippen LogP contribution in [0.25, 0.3) is 0 Å². The van der Waals surface area contributed by atoms with Crippen molar-refractivity contribution in [1.29, 1.82) is 0 Å². The number of benzene rings is 2. The van der Waals surface area contributed by atoms with Crippen molar-refractivity contribution in [2.45, 2.75) is 38.7 Å². The Balaban J connectivity index is 1.56. The van der Waals surface area contributed by atoms with E-state index in [1.807, 2.05) is 24.0 Å². The van der Waals surface area contributed by atoms with Crippen LogP contribution in [0.4, 0.5) is 11.4 Å². The largest absolute Gasteiger partial charge is 0.368 e. The molecule has 27 heavy (non-hydrogen) atoms. The average Bonchev–Trinajstić information content (AvgIpc) is 3.22. The molecular weight excluding hydrogens is 340 g/mol. The highest BCUT2D eigenvalue weighted by atomic mass is 16.5. The zero-order valence-corrected chi connectivity index (χ0v) is 15.5. The minimum absolute atomic E-state index is 0.0292. The average molecular weight is 364 g/mol. The van der Waals surface area contributed by atoms with Gasteiger partial charge in [-0.05, 0) is 61.9 Å². The maximum atomic E-state index is 13.2. The Labute approximate surface area is 159 Å². The number of nitrogens with zero attached hydrogens (tertiary/aromatic N) is 1. The number of para-hydroxylation sites is 1. The summed E-state index contributed by atoms with van der Waals surface area (Å²) >= 11 is 0. The Hall–Kier alpha value is -2.66. The summed E-state index contributed by atoms with van der Waals surface area (Å²) < 4.78 is 5.42. The molecular formula is C22H24N2O3. The molecule has 2 aliphatic rings. The van der Waals surface area contributed by atoms with E-state index in [0.29, 0.717) is 24.4 Å². The van der Waals surface area contributed by atoms with Gasteiger partial charge in [-0.2, -0.15) is 0 Å². The molecule has 5 nitrogen and oxygen atoms in total. The second-order valence-corrected chi connectivity index (χ2v) is 7.21. The highest BCUT2D eigenvalue weighted by Gasteiger charge is 2.26. The lowest BCUT2D eigenvalue weighted by molar-refractivity contribution is -0.124. The van der Waals surface area contributed by atoms with Crippen LogP contribution in [0, 0.1) is 6.92 Å². The van der Waals surface area contributed by atoms with Crippen LogP contribution in [0.3, 0.4) is 0 Å². The van der Waals surface area contributed by atoms with Gasteiger partial charge in [0.25, 0.3) is 11.8 Å². The lowest BCUT2D eigenvalue weighted by Crippen LogP contribution is -2.36. The molecule has 0 aromatic heterocycles. The van der Waals surface area contributed by atoms with Gasteiger partial charge in [-0.1, -0.05) is 24.3 Å². The van der Waals surface area contributed by atoms with Gasteiger partial charge < -0.3 is 15.0 Å². The number of hydrogen-bond acceptors (Lipinski definition) is 3. The quantitative estimate of drug-likeness (QED) is 0.903. The molecule has 1 fully saturated rings. The van der Waals surface area contributed by atoms with Crippen LogP contribution in [-0.4, -0.2) is 31.1 Å². The maximum absolute atomic E-state index is 13.2. The second kappa shape index (κ2) is 7.53. The highest BCUT2D eigenvalue weighted by molar-refractivity contribution is 6.08. The van der Waals surface area contributed by atoms with Crippen LogP contribution in [0.1, 0.15) is 40.7 Å². The molecule has 1 saturated heterocycles. The summed E-state index contributed by atoms with van der Waals surface area (Å²) in [7, 11) is 0. The first-order valence-electron chi connectivity index (χ1n) is 9.56. The molecule has 0 spiro atoms. The molecule has 4 rings (SSSR count). The van der Waals surface area contributed by atoms with E-state index < -0.39 is 0 Å². The number of rotatable bonds is 3. The van der Waals surface area contributed by atoms with Crippen molar-refractivity contribution in [3.8, 4) is 0 Å². The molecule has 1 N–H and O–H groups in total. The molecule has 5 heteroatoms. The Morgan fingerprint density at radius 2 is 2.00 bits per heavy atom. The molecule has 0 radical (unpaired) electrons. The normalized spacial score (nSPS) is 18.9. The third kappa shape index (κ3) is 3.60. The minimum Gasteiger partial charge on any atom is -0.368 e. The van der Waals surface area contributed by atoms with Crippen molar-refractivity contribution in [2.24, 2.45) is 0 Å². The molecule has 140 valence electrons. The molecule has 0 unspecified atom stereocenters. The molecule has 0 saturated carbocycles. The van der Waals surface area contributed by atoms with Gasteiger partial charge in [-0.3, -0.25) is 9.59 Å². The van der Waals surface area contributed by atoms with Gasteiger partial charge in [0.15, 0.2) is 0 Å². The standard InChI is InChI=1S/C22H24N2O3/c1-15-6-2-7-16-9-4-12-24(20(15)16)22(26)17-8-3-10-18(14-17)23-21(25)19-11-5-13-27-19/h2-3,6-8,10,14,19H,4-5,9,11-13H2,1H3,(H,23,25)/t19-/m1/s1. The number of aryl methyl sites for hydroxylation is 2. The van der Waals surface area contributed by atoms with Crippen molar-refractivity contribution in [1.82, 2.24) is 0 Å². The van der Waals surface area contributed by atoms with Gasteiger partial charge in [-0.15, -0.1) is 0 Å². The molecule has 2 amide bonds. The molecule has 2 aromatic rings. The third-order valence-electron chi connectivity index (χ3n) is 5.26. The summed E-state index contributed by atoms with van der Waals surface area (Å²) in [5.41, 5.74) is 4.57. The van der Waals surface area contributed by atoms with Gasteiger partial charge >= 0.3 is 0 Å². The van der Waals surface area contributed by atoms with Crippen LogP contribution >= 0.6 is 0 Å². The number of anilines is 2. The van der Waals surface area contributed by atoms with Gasteiger partial charge in [0.1, 0.15) is 6.10 Å². The third-order valence-corrected chi connectivity index (χ3v) is 5.26. The number of nitrogens with one attached hydrogen (secondary N) is 1. The molecule has 2 heterocycles. The predicted molar refractivity (Wildman–Crippen MR) is 105 cm³/mol. The minimum atomic E-state index is -0.388. The Bertz CT molecular complexity index is 872. The number of hydrogen-bond donors (Lipinski definition) is 1. The van der Waals surface area contributed by atoms with E-state index in [4.69, 9.17) is 4.74 Å². The summed E-state index contributed by atoms with van der Waals surface area (Å²) in [6, 6.07) is 13.4. The second-order valence-electron chi connectivity index (χ2n) is 7.21. The fourth-order valence-electron chi connectivity index (χ4n) is 3.94. The molecule has 0 bridgehead atoms. The van der Waals surface area contributed by atoms with Gasteiger partial charge in [0.2, 0.25) is 0 Å². The van der Waals surface area contributed by atoms with Crippen molar-refractivity contribution in [3.63, 3.8) is 0 Å². The topological polar surface area (TPSA) is 58.6 Å². The summed E-state index contributed by atoms with van der Waals surface area (Å²) in [4.78, 5) is 27.3. The summed E-state index contributed by atoms with van der Waals surface area (Å²) in [6.45, 7) is 3.39. The van der Waals surface area contributed by atoms with Crippen LogP contribution in [0.2, 0.25) is 0 Å². The number of carbonyl (C=O) groups excluding carboxylic acids is 2. The first-order valence-corrected chi connectivity index (χ1v) is 9.56. The molecule has 0 aliphatic carbocycles. The number of ether oxygens (including phenoxy) is 1. The van der Waals surface area contributed by atoms with E-state index in [2.05, 4.69) is 11.4 Å². The first kappa shape index (κ1) is 17.7. The van der Waals surface area contributed by atoms with E-state index in [9.17, 15) is 9.59 Å². The van der Waals surface area contributed by atoms with E-state index in [-0.39, 0.29) is 17.9 Å². The lowest BCUT2D eigenvalue weighted by Gasteiger charge is -2.31. The van der Waals surface area contributed by atoms with Crippen LogP contribution < -0.4 is 10.2 Å². The Kier molecular flexibility index (Phi) is 4.94. The van der Waals surface area contributed by atoms with Gasteiger partial charge in [0.05, 0.1) is 5.69 Å². The number of carbonyl (C=O) groups is 2. The van der Waals surface area contributed by atoms with Crippen molar-refractivity contribution in [3.05, 3.63) is 59.2 Å².